The van der Waals surface area contributed by atoms with Crippen molar-refractivity contribution in [3.05, 3.63) is 70.8 Å². The molecule has 106 valence electrons. The van der Waals surface area contributed by atoms with E-state index in [0.29, 0.717) is 12.1 Å². The molecule has 0 saturated carbocycles. The van der Waals surface area contributed by atoms with Gasteiger partial charge < -0.3 is 0 Å². The molecule has 0 radical (unpaired) electrons. The molecule has 3 heterocycles. The van der Waals surface area contributed by atoms with Crippen LogP contribution in [0.25, 0.3) is 0 Å². The molecule has 0 N–H and O–H groups in total. The van der Waals surface area contributed by atoms with E-state index >= 15 is 0 Å². The SMILES string of the molecule is c1ccc2c(c1)CCN1CN3CCc4ccccc4[C@@H]3[C@@H]21. The van der Waals surface area contributed by atoms with Crippen LogP contribution in [0.3, 0.4) is 0 Å². The second-order valence-corrected chi connectivity index (χ2v) is 6.55. The first-order chi connectivity index (χ1) is 10.4. The summed E-state index contributed by atoms with van der Waals surface area (Å²) in [6, 6.07) is 19.3. The zero-order chi connectivity index (χ0) is 13.8. The Morgan fingerprint density at radius 3 is 1.67 bits per heavy atom. The van der Waals surface area contributed by atoms with E-state index in [0.717, 1.165) is 6.67 Å². The summed E-state index contributed by atoms with van der Waals surface area (Å²) in [7, 11) is 0. The van der Waals surface area contributed by atoms with E-state index < -0.39 is 0 Å². The van der Waals surface area contributed by atoms with Gasteiger partial charge >= 0.3 is 0 Å². The number of benzene rings is 2. The molecule has 0 spiro atoms. The predicted octanol–water partition coefficient (Wildman–Crippen LogP) is 3.16. The number of hydrogen-bond donors (Lipinski definition) is 0. The van der Waals surface area contributed by atoms with Crippen molar-refractivity contribution in [2.24, 2.45) is 0 Å². The Hall–Kier alpha value is -1.64. The van der Waals surface area contributed by atoms with Crippen LogP contribution in [-0.4, -0.2) is 29.6 Å². The first-order valence-electron chi connectivity index (χ1n) is 8.05. The van der Waals surface area contributed by atoms with Gasteiger partial charge in [-0.25, -0.2) is 0 Å². The Morgan fingerprint density at radius 2 is 1.14 bits per heavy atom. The van der Waals surface area contributed by atoms with Crippen molar-refractivity contribution in [1.82, 2.24) is 9.80 Å². The Morgan fingerprint density at radius 1 is 0.667 bits per heavy atom. The van der Waals surface area contributed by atoms with Crippen LogP contribution in [0, 0.1) is 0 Å². The lowest BCUT2D eigenvalue weighted by Crippen LogP contribution is -2.32. The number of hydrogen-bond acceptors (Lipinski definition) is 2. The van der Waals surface area contributed by atoms with Crippen molar-refractivity contribution in [3.63, 3.8) is 0 Å². The highest BCUT2D eigenvalue weighted by Gasteiger charge is 2.45. The zero-order valence-corrected chi connectivity index (χ0v) is 12.2. The monoisotopic (exact) mass is 276 g/mol. The van der Waals surface area contributed by atoms with Gasteiger partial charge in [-0.3, -0.25) is 9.80 Å². The van der Waals surface area contributed by atoms with Crippen LogP contribution >= 0.6 is 0 Å². The van der Waals surface area contributed by atoms with E-state index in [4.69, 9.17) is 0 Å². The molecule has 2 nitrogen and oxygen atoms in total. The fraction of sp³-hybridized carbons (Fsp3) is 0.368. The Bertz CT molecular complexity index is 634. The van der Waals surface area contributed by atoms with Crippen LogP contribution in [0.2, 0.25) is 0 Å². The van der Waals surface area contributed by atoms with Crippen LogP contribution in [0.4, 0.5) is 0 Å². The normalized spacial score (nSPS) is 27.6. The third-order valence-corrected chi connectivity index (χ3v) is 5.53. The fourth-order valence-corrected chi connectivity index (χ4v) is 4.59. The summed E-state index contributed by atoms with van der Waals surface area (Å²) in [5.41, 5.74) is 6.24. The van der Waals surface area contributed by atoms with Crippen molar-refractivity contribution in [3.8, 4) is 0 Å². The summed E-state index contributed by atoms with van der Waals surface area (Å²) < 4.78 is 0. The maximum absolute atomic E-state index is 2.69. The van der Waals surface area contributed by atoms with E-state index in [9.17, 15) is 0 Å². The van der Waals surface area contributed by atoms with Crippen molar-refractivity contribution >= 4 is 0 Å². The summed E-state index contributed by atoms with van der Waals surface area (Å²) in [6.45, 7) is 3.55. The molecule has 2 heteroatoms. The van der Waals surface area contributed by atoms with E-state index in [1.807, 2.05) is 0 Å². The topological polar surface area (TPSA) is 6.48 Å². The number of rotatable bonds is 0. The molecular formula is C19H20N2. The molecule has 3 aliphatic rings. The standard InChI is InChI=1S/C19H20N2/c1-3-7-16-14(5-1)9-11-20-13-21-12-10-15-6-2-4-8-17(15)19(21)18(16)20/h1-8,18-19H,9-13H2/t18-,19-/m1/s1. The molecule has 2 aromatic rings. The van der Waals surface area contributed by atoms with Gasteiger partial charge in [-0.15, -0.1) is 0 Å². The number of fused-ring (bicyclic) bond motifs is 7. The Balaban J connectivity index is 1.67. The summed E-state index contributed by atoms with van der Waals surface area (Å²) in [5, 5.41) is 0. The maximum atomic E-state index is 2.69. The average molecular weight is 276 g/mol. The second kappa shape index (κ2) is 4.43. The Labute approximate surface area is 126 Å². The lowest BCUT2D eigenvalue weighted by atomic mass is 9.83. The molecule has 0 aliphatic carbocycles. The van der Waals surface area contributed by atoms with Gasteiger partial charge in [-0.05, 0) is 35.1 Å². The van der Waals surface area contributed by atoms with Crippen molar-refractivity contribution in [2.45, 2.75) is 24.9 Å². The highest BCUT2D eigenvalue weighted by atomic mass is 15.4. The molecule has 21 heavy (non-hydrogen) atoms. The molecule has 0 bridgehead atoms. The van der Waals surface area contributed by atoms with Crippen LogP contribution < -0.4 is 0 Å². The first kappa shape index (κ1) is 12.0. The smallest absolute Gasteiger partial charge is 0.0561 e. The van der Waals surface area contributed by atoms with Gasteiger partial charge in [0.1, 0.15) is 0 Å². The average Bonchev–Trinajstić information content (AvgIpc) is 2.94. The van der Waals surface area contributed by atoms with Gasteiger partial charge in [0.15, 0.2) is 0 Å². The van der Waals surface area contributed by atoms with Crippen molar-refractivity contribution in [2.75, 3.05) is 19.8 Å². The Kier molecular flexibility index (Phi) is 2.52. The molecule has 3 aliphatic heterocycles. The summed E-state index contributed by atoms with van der Waals surface area (Å²) in [4.78, 5) is 5.38. The molecule has 2 atom stereocenters. The second-order valence-electron chi connectivity index (χ2n) is 6.55. The van der Waals surface area contributed by atoms with Gasteiger partial charge in [0.05, 0.1) is 18.8 Å². The van der Waals surface area contributed by atoms with Crippen LogP contribution in [0.5, 0.6) is 0 Å². The molecule has 0 unspecified atom stereocenters. The summed E-state index contributed by atoms with van der Waals surface area (Å²) >= 11 is 0. The van der Waals surface area contributed by atoms with Gasteiger partial charge in [0.2, 0.25) is 0 Å². The zero-order valence-electron chi connectivity index (χ0n) is 12.2. The molecule has 0 amide bonds. The molecule has 1 saturated heterocycles. The highest BCUT2D eigenvalue weighted by Crippen LogP contribution is 2.49. The third-order valence-electron chi connectivity index (χ3n) is 5.53. The maximum Gasteiger partial charge on any atom is 0.0561 e. The predicted molar refractivity (Wildman–Crippen MR) is 84.1 cm³/mol. The minimum absolute atomic E-state index is 0.552. The quantitative estimate of drug-likeness (QED) is 0.729. The van der Waals surface area contributed by atoms with E-state index in [1.54, 1.807) is 22.3 Å². The van der Waals surface area contributed by atoms with Gasteiger partial charge in [0, 0.05) is 13.1 Å². The van der Waals surface area contributed by atoms with Crippen LogP contribution in [0.1, 0.15) is 34.3 Å². The highest BCUT2D eigenvalue weighted by molar-refractivity contribution is 5.41. The minimum Gasteiger partial charge on any atom is -0.281 e. The first-order valence-corrected chi connectivity index (χ1v) is 8.05. The van der Waals surface area contributed by atoms with E-state index in [1.165, 1.54) is 25.9 Å². The van der Waals surface area contributed by atoms with Gasteiger partial charge in [-0.1, -0.05) is 48.5 Å². The summed E-state index contributed by atoms with van der Waals surface area (Å²) in [5.74, 6) is 0. The molecule has 5 rings (SSSR count). The minimum atomic E-state index is 0.552. The van der Waals surface area contributed by atoms with Crippen LogP contribution in [-0.2, 0) is 12.8 Å². The van der Waals surface area contributed by atoms with Crippen LogP contribution in [0.15, 0.2) is 48.5 Å². The number of nitrogens with zero attached hydrogens (tertiary/aromatic N) is 2. The van der Waals surface area contributed by atoms with E-state index in [-0.39, 0.29) is 0 Å². The van der Waals surface area contributed by atoms with Gasteiger partial charge in [0.25, 0.3) is 0 Å². The lowest BCUT2D eigenvalue weighted by Gasteiger charge is -2.36. The molecule has 2 aromatic carbocycles. The third kappa shape index (κ3) is 1.66. The van der Waals surface area contributed by atoms with Crippen molar-refractivity contribution < 1.29 is 0 Å². The van der Waals surface area contributed by atoms with Crippen molar-refractivity contribution in [1.29, 1.82) is 0 Å². The molecule has 0 aromatic heterocycles. The molecule has 1 fully saturated rings. The van der Waals surface area contributed by atoms with Gasteiger partial charge in [-0.2, -0.15) is 0 Å². The largest absolute Gasteiger partial charge is 0.281 e. The van der Waals surface area contributed by atoms with E-state index in [2.05, 4.69) is 58.3 Å². The lowest BCUT2D eigenvalue weighted by molar-refractivity contribution is 0.211. The molecular weight excluding hydrogens is 256 g/mol. The summed E-state index contributed by atoms with van der Waals surface area (Å²) in [6.07, 6.45) is 2.41. The fourth-order valence-electron chi connectivity index (χ4n) is 4.59.